The minimum atomic E-state index is -0.417. The summed E-state index contributed by atoms with van der Waals surface area (Å²) in [4.78, 5) is 16.2. The molecule has 0 aliphatic rings. The van der Waals surface area contributed by atoms with E-state index < -0.39 is 5.41 Å². The van der Waals surface area contributed by atoms with Crippen LogP contribution in [-0.2, 0) is 30.3 Å². The van der Waals surface area contributed by atoms with Crippen molar-refractivity contribution in [2.75, 3.05) is 0 Å². The van der Waals surface area contributed by atoms with Crippen LogP contribution in [0.4, 0.5) is 0 Å². The SMILES string of the molecule is CC(C)(C)C(=O)/C=C(\O)C(C)(C)C.CCC(C)c1ccc2cc(-c3[c-]c(C)cc(C(C)(C)C)c3)ncc2c1.[Ir]. The van der Waals surface area contributed by atoms with E-state index in [9.17, 15) is 9.90 Å². The van der Waals surface area contributed by atoms with E-state index in [1.807, 2.05) is 47.7 Å². The van der Waals surface area contributed by atoms with Crippen LogP contribution in [0.25, 0.3) is 22.0 Å². The summed E-state index contributed by atoms with van der Waals surface area (Å²) in [6, 6.07) is 16.9. The van der Waals surface area contributed by atoms with Crippen LogP contribution in [-0.4, -0.2) is 15.9 Å². The van der Waals surface area contributed by atoms with E-state index in [-0.39, 0.29) is 42.5 Å². The zero-order chi connectivity index (χ0) is 29.1. The second-order valence-electron chi connectivity index (χ2n) is 13.6. The number of aliphatic hydroxyl groups is 1. The minimum Gasteiger partial charge on any atom is -0.512 e. The Morgan fingerprint density at radius 2 is 1.56 bits per heavy atom. The maximum atomic E-state index is 11.5. The van der Waals surface area contributed by atoms with E-state index in [1.165, 1.54) is 28.0 Å². The number of aliphatic hydroxyl groups excluding tert-OH is 1. The zero-order valence-electron chi connectivity index (χ0n) is 26.0. The number of aromatic nitrogens is 1. The Bertz CT molecular complexity index is 1300. The fraction of sp³-hybridized carbons (Fsp3) is 0.486. The van der Waals surface area contributed by atoms with Gasteiger partial charge in [-0.15, -0.1) is 34.9 Å². The van der Waals surface area contributed by atoms with Crippen molar-refractivity contribution in [1.82, 2.24) is 4.98 Å². The van der Waals surface area contributed by atoms with Gasteiger partial charge in [0.2, 0.25) is 0 Å². The molecule has 215 valence electrons. The molecule has 0 bridgehead atoms. The van der Waals surface area contributed by atoms with Crippen molar-refractivity contribution in [1.29, 1.82) is 0 Å². The molecule has 4 heteroatoms. The third kappa shape index (κ3) is 10.00. The molecule has 0 amide bonds. The van der Waals surface area contributed by atoms with E-state index in [2.05, 4.69) is 84.0 Å². The minimum absolute atomic E-state index is 0. The topological polar surface area (TPSA) is 50.2 Å². The normalized spacial score (nSPS) is 13.3. The molecule has 1 radical (unpaired) electrons. The van der Waals surface area contributed by atoms with Crippen LogP contribution in [0.15, 0.2) is 54.4 Å². The van der Waals surface area contributed by atoms with E-state index in [1.54, 1.807) is 0 Å². The number of carbonyl (C=O) groups is 1. The van der Waals surface area contributed by atoms with Crippen molar-refractivity contribution in [3.05, 3.63) is 77.2 Å². The molecule has 3 nitrogen and oxygen atoms in total. The van der Waals surface area contributed by atoms with E-state index in [0.717, 1.165) is 23.2 Å². The smallest absolute Gasteiger partial charge is 0.164 e. The third-order valence-corrected chi connectivity index (χ3v) is 6.85. The van der Waals surface area contributed by atoms with Crippen molar-refractivity contribution >= 4 is 16.6 Å². The summed E-state index contributed by atoms with van der Waals surface area (Å²) < 4.78 is 0. The number of fused-ring (bicyclic) bond motifs is 1. The molecule has 0 aliphatic heterocycles. The van der Waals surface area contributed by atoms with Crippen LogP contribution in [0.1, 0.15) is 105 Å². The van der Waals surface area contributed by atoms with Crippen LogP contribution in [0.3, 0.4) is 0 Å². The molecule has 39 heavy (non-hydrogen) atoms. The largest absolute Gasteiger partial charge is 0.512 e. The number of aryl methyl sites for hydroxylation is 1. The van der Waals surface area contributed by atoms with E-state index >= 15 is 0 Å². The number of carbonyl (C=O) groups excluding carboxylic acids is 1. The number of benzene rings is 2. The molecule has 0 saturated heterocycles. The fourth-order valence-electron chi connectivity index (χ4n) is 3.69. The maximum Gasteiger partial charge on any atom is 0.164 e. The molecule has 1 unspecified atom stereocenters. The van der Waals surface area contributed by atoms with Crippen LogP contribution in [0, 0.1) is 23.8 Å². The number of allylic oxidation sites excluding steroid dienone is 2. The zero-order valence-corrected chi connectivity index (χ0v) is 28.4. The predicted octanol–water partition coefficient (Wildman–Crippen LogP) is 9.91. The average molecular weight is 707 g/mol. The molecule has 1 atom stereocenters. The summed E-state index contributed by atoms with van der Waals surface area (Å²) in [6.45, 7) is 24.5. The Labute approximate surface area is 250 Å². The van der Waals surface area contributed by atoms with Gasteiger partial charge in [0.15, 0.2) is 5.78 Å². The quantitative estimate of drug-likeness (QED) is 0.167. The third-order valence-electron chi connectivity index (χ3n) is 6.85. The molecule has 2 aromatic carbocycles. The average Bonchev–Trinajstić information content (AvgIpc) is 2.81. The van der Waals surface area contributed by atoms with Gasteiger partial charge in [-0.1, -0.05) is 101 Å². The summed E-state index contributed by atoms with van der Waals surface area (Å²) in [6.07, 6.45) is 4.49. The first-order chi connectivity index (χ1) is 17.3. The molecule has 1 N–H and O–H groups in total. The Kier molecular flexibility index (Phi) is 11.9. The second-order valence-corrected chi connectivity index (χ2v) is 13.6. The second kappa shape index (κ2) is 13.4. The van der Waals surface area contributed by atoms with Gasteiger partial charge in [0, 0.05) is 43.2 Å². The van der Waals surface area contributed by atoms with Crippen molar-refractivity contribution in [2.45, 2.75) is 101 Å². The van der Waals surface area contributed by atoms with E-state index in [0.29, 0.717) is 5.92 Å². The van der Waals surface area contributed by atoms with Gasteiger partial charge < -0.3 is 10.1 Å². The van der Waals surface area contributed by atoms with Gasteiger partial charge in [-0.3, -0.25) is 4.79 Å². The Morgan fingerprint density at radius 3 is 2.08 bits per heavy atom. The standard InChI is InChI=1S/C24H28N.C11H20O2.Ir/c1-7-17(3)18-8-9-19-14-23(25-15-21(19)12-18)20-10-16(2)11-22(13-20)24(4,5)6;1-10(2,3)8(12)7-9(13)11(4,5)6;/h8-9,11-15,17H,7H2,1-6H3;7,12H,1-6H3;/q-1;;/b;8-7-;. The number of hydrogen-bond donors (Lipinski definition) is 1. The monoisotopic (exact) mass is 707 g/mol. The first-order valence-electron chi connectivity index (χ1n) is 13.7. The Balaban J connectivity index is 0.000000466. The molecule has 1 aromatic heterocycles. The van der Waals surface area contributed by atoms with Crippen LogP contribution in [0.5, 0.6) is 0 Å². The Hall–Kier alpha value is -2.29. The molecule has 3 aromatic rings. The van der Waals surface area contributed by atoms with Gasteiger partial charge in [-0.05, 0) is 45.8 Å². The van der Waals surface area contributed by atoms with Crippen LogP contribution < -0.4 is 0 Å². The summed E-state index contributed by atoms with van der Waals surface area (Å²) in [5, 5.41) is 12.0. The predicted molar refractivity (Wildman–Crippen MR) is 163 cm³/mol. The first kappa shape index (κ1) is 34.7. The molecule has 3 rings (SSSR count). The molecular weight excluding hydrogens is 659 g/mol. The van der Waals surface area contributed by atoms with E-state index in [4.69, 9.17) is 4.98 Å². The number of rotatable bonds is 4. The molecule has 0 fully saturated rings. The fourth-order valence-corrected chi connectivity index (χ4v) is 3.69. The number of ketones is 1. The van der Waals surface area contributed by atoms with Gasteiger partial charge in [-0.25, -0.2) is 0 Å². The number of pyridine rings is 1. The molecular formula is C35H48IrNO2-. The van der Waals surface area contributed by atoms with Gasteiger partial charge in [0.25, 0.3) is 0 Å². The van der Waals surface area contributed by atoms with Crippen LogP contribution in [0.2, 0.25) is 0 Å². The van der Waals surface area contributed by atoms with Crippen molar-refractivity contribution in [2.24, 2.45) is 10.8 Å². The number of nitrogens with zero attached hydrogens (tertiary/aromatic N) is 1. The Morgan fingerprint density at radius 1 is 0.949 bits per heavy atom. The molecule has 1 heterocycles. The summed E-state index contributed by atoms with van der Waals surface area (Å²) in [7, 11) is 0. The summed E-state index contributed by atoms with van der Waals surface area (Å²) in [5.41, 5.74) is 5.32. The first-order valence-corrected chi connectivity index (χ1v) is 13.7. The van der Waals surface area contributed by atoms with Gasteiger partial charge in [-0.2, -0.15) is 0 Å². The summed E-state index contributed by atoms with van der Waals surface area (Å²) in [5.74, 6) is 0.691. The van der Waals surface area contributed by atoms with Crippen molar-refractivity contribution in [3.63, 3.8) is 0 Å². The van der Waals surface area contributed by atoms with Crippen LogP contribution >= 0.6 is 0 Å². The molecule has 0 spiro atoms. The van der Waals surface area contributed by atoms with Gasteiger partial charge >= 0.3 is 0 Å². The maximum absolute atomic E-state index is 11.5. The summed E-state index contributed by atoms with van der Waals surface area (Å²) >= 11 is 0. The van der Waals surface area contributed by atoms with Gasteiger partial charge in [0.1, 0.15) is 5.76 Å². The molecule has 0 saturated carbocycles. The van der Waals surface area contributed by atoms with Gasteiger partial charge in [0.05, 0.1) is 0 Å². The van der Waals surface area contributed by atoms with Crippen molar-refractivity contribution in [3.8, 4) is 11.3 Å². The number of hydrogen-bond acceptors (Lipinski definition) is 3. The van der Waals surface area contributed by atoms with Crippen molar-refractivity contribution < 1.29 is 30.0 Å². The molecule has 0 aliphatic carbocycles.